The van der Waals surface area contributed by atoms with Gasteiger partial charge in [0.1, 0.15) is 17.0 Å². The largest absolute Gasteiger partial charge is 0.465 e. The highest BCUT2D eigenvalue weighted by Crippen LogP contribution is 2.28. The lowest BCUT2D eigenvalue weighted by molar-refractivity contribution is -0.126. The highest BCUT2D eigenvalue weighted by atomic mass is 16.3. The van der Waals surface area contributed by atoms with E-state index < -0.39 is 0 Å². The molecule has 1 atom stereocenters. The van der Waals surface area contributed by atoms with E-state index in [4.69, 9.17) is 8.83 Å². The number of fused-ring (bicyclic) bond motifs is 1. The van der Waals surface area contributed by atoms with Crippen LogP contribution < -0.4 is 5.32 Å². The molecule has 180 valence electrons. The smallest absolute Gasteiger partial charge is 0.253 e. The predicted octanol–water partition coefficient (Wildman–Crippen LogP) is 5.20. The first kappa shape index (κ1) is 22.9. The van der Waals surface area contributed by atoms with Gasteiger partial charge in [-0.25, -0.2) is 4.98 Å². The number of oxazole rings is 1. The summed E-state index contributed by atoms with van der Waals surface area (Å²) >= 11 is 0. The second-order valence-electron chi connectivity index (χ2n) is 9.22. The van der Waals surface area contributed by atoms with E-state index in [0.29, 0.717) is 42.2 Å². The van der Waals surface area contributed by atoms with Crippen LogP contribution in [0.5, 0.6) is 0 Å². The van der Waals surface area contributed by atoms with Gasteiger partial charge in [-0.05, 0) is 68.1 Å². The van der Waals surface area contributed by atoms with Crippen LogP contribution in [0.15, 0.2) is 69.5 Å². The summed E-state index contributed by atoms with van der Waals surface area (Å²) in [4.78, 5) is 32.3. The number of carbonyl (C=O) groups excluding carboxylic acids is 2. The lowest BCUT2D eigenvalue weighted by atomic mass is 9.84. The Hall–Kier alpha value is -3.87. The summed E-state index contributed by atoms with van der Waals surface area (Å²) in [6.07, 6.45) is 1.59. The molecule has 0 radical (unpaired) electrons. The van der Waals surface area contributed by atoms with E-state index in [-0.39, 0.29) is 23.7 Å². The maximum Gasteiger partial charge on any atom is 0.253 e. The summed E-state index contributed by atoms with van der Waals surface area (Å²) in [7, 11) is 0. The molecule has 7 heteroatoms. The van der Waals surface area contributed by atoms with Crippen molar-refractivity contribution in [3.05, 3.63) is 77.7 Å². The fourth-order valence-corrected chi connectivity index (χ4v) is 4.68. The van der Waals surface area contributed by atoms with Crippen molar-refractivity contribution in [1.29, 1.82) is 0 Å². The van der Waals surface area contributed by atoms with E-state index in [2.05, 4.69) is 10.3 Å². The number of rotatable bonds is 6. The lowest BCUT2D eigenvalue weighted by Crippen LogP contribution is -2.42. The first-order valence-electron chi connectivity index (χ1n) is 12.1. The van der Waals surface area contributed by atoms with Crippen LogP contribution in [0.4, 0.5) is 0 Å². The standard InChI is InChI=1S/C28H29N3O4/c1-18-8-10-23(34-18)17-29-26(32)19(2)20-12-14-31(15-13-20)28(33)22-9-11-25-24(16-22)30-27(35-25)21-6-4-3-5-7-21/h3-11,16,19-20H,12-15,17H2,1-2H3,(H,29,32)/t19-/m1/s1. The molecule has 5 rings (SSSR count). The lowest BCUT2D eigenvalue weighted by Gasteiger charge is -2.34. The second-order valence-corrected chi connectivity index (χ2v) is 9.22. The van der Waals surface area contributed by atoms with Crippen LogP contribution in [0.2, 0.25) is 0 Å². The molecule has 0 saturated carbocycles. The van der Waals surface area contributed by atoms with E-state index >= 15 is 0 Å². The van der Waals surface area contributed by atoms with E-state index in [1.807, 2.05) is 67.3 Å². The highest BCUT2D eigenvalue weighted by molar-refractivity contribution is 5.97. The fourth-order valence-electron chi connectivity index (χ4n) is 4.68. The number of furan rings is 1. The SMILES string of the molecule is Cc1ccc(CNC(=O)[C@H](C)C2CCN(C(=O)c3ccc4oc(-c5ccccc5)nc4c3)CC2)o1. The molecule has 1 aliphatic heterocycles. The third-order valence-electron chi connectivity index (χ3n) is 6.84. The number of hydrogen-bond donors (Lipinski definition) is 1. The minimum Gasteiger partial charge on any atom is -0.465 e. The molecule has 1 aliphatic rings. The van der Waals surface area contributed by atoms with Crippen molar-refractivity contribution < 1.29 is 18.4 Å². The molecule has 2 aromatic heterocycles. The number of nitrogens with zero attached hydrogens (tertiary/aromatic N) is 2. The molecule has 1 fully saturated rings. The van der Waals surface area contributed by atoms with Crippen LogP contribution >= 0.6 is 0 Å². The molecule has 0 spiro atoms. The van der Waals surface area contributed by atoms with Crippen LogP contribution in [-0.4, -0.2) is 34.8 Å². The number of benzene rings is 2. The Kier molecular flexibility index (Phi) is 6.40. The van der Waals surface area contributed by atoms with Gasteiger partial charge in [0.05, 0.1) is 6.54 Å². The number of amides is 2. The van der Waals surface area contributed by atoms with Crippen molar-refractivity contribution in [2.75, 3.05) is 13.1 Å². The number of aryl methyl sites for hydroxylation is 1. The van der Waals surface area contributed by atoms with Gasteiger partial charge in [0.2, 0.25) is 11.8 Å². The van der Waals surface area contributed by atoms with Gasteiger partial charge in [-0.3, -0.25) is 9.59 Å². The number of hydrogen-bond acceptors (Lipinski definition) is 5. The Morgan fingerprint density at radius 1 is 1.06 bits per heavy atom. The predicted molar refractivity (Wildman–Crippen MR) is 133 cm³/mol. The molecule has 3 heterocycles. The average Bonchev–Trinajstić information content (AvgIpc) is 3.52. The van der Waals surface area contributed by atoms with Gasteiger partial charge in [0.15, 0.2) is 5.58 Å². The van der Waals surface area contributed by atoms with Crippen molar-refractivity contribution in [2.24, 2.45) is 11.8 Å². The Labute approximate surface area is 204 Å². The molecule has 4 aromatic rings. The zero-order chi connectivity index (χ0) is 24.4. The van der Waals surface area contributed by atoms with Crippen molar-refractivity contribution in [3.8, 4) is 11.5 Å². The molecule has 7 nitrogen and oxygen atoms in total. The molecule has 35 heavy (non-hydrogen) atoms. The topological polar surface area (TPSA) is 88.6 Å². The minimum absolute atomic E-state index is 0.0140. The van der Waals surface area contributed by atoms with Crippen LogP contribution in [0.25, 0.3) is 22.6 Å². The van der Waals surface area contributed by atoms with Crippen molar-refractivity contribution in [3.63, 3.8) is 0 Å². The zero-order valence-corrected chi connectivity index (χ0v) is 20.0. The van der Waals surface area contributed by atoms with Crippen LogP contribution in [0.1, 0.15) is 41.6 Å². The Morgan fingerprint density at radius 2 is 1.83 bits per heavy atom. The zero-order valence-electron chi connectivity index (χ0n) is 20.0. The highest BCUT2D eigenvalue weighted by Gasteiger charge is 2.30. The number of carbonyl (C=O) groups is 2. The average molecular weight is 472 g/mol. The van der Waals surface area contributed by atoms with Gasteiger partial charge in [0.25, 0.3) is 5.91 Å². The normalized spacial score (nSPS) is 15.3. The number of piperidine rings is 1. The Balaban J connectivity index is 1.18. The third-order valence-corrected chi connectivity index (χ3v) is 6.84. The number of likely N-dealkylation sites (tertiary alicyclic amines) is 1. The molecular weight excluding hydrogens is 442 g/mol. The molecule has 2 aromatic carbocycles. The van der Waals surface area contributed by atoms with Gasteiger partial charge in [-0.1, -0.05) is 25.1 Å². The first-order valence-corrected chi connectivity index (χ1v) is 12.1. The Bertz CT molecular complexity index is 1330. The molecule has 0 bridgehead atoms. The van der Waals surface area contributed by atoms with Crippen LogP contribution in [0.3, 0.4) is 0 Å². The Morgan fingerprint density at radius 3 is 2.54 bits per heavy atom. The maximum absolute atomic E-state index is 13.2. The van der Waals surface area contributed by atoms with Gasteiger partial charge < -0.3 is 19.1 Å². The number of aromatic nitrogens is 1. The molecule has 2 amide bonds. The van der Waals surface area contributed by atoms with E-state index in [9.17, 15) is 9.59 Å². The summed E-state index contributed by atoms with van der Waals surface area (Å²) in [5.74, 6) is 2.26. The van der Waals surface area contributed by atoms with Gasteiger partial charge in [-0.2, -0.15) is 0 Å². The first-order chi connectivity index (χ1) is 17.0. The van der Waals surface area contributed by atoms with Crippen LogP contribution in [-0.2, 0) is 11.3 Å². The second kappa shape index (κ2) is 9.78. The third kappa shape index (κ3) is 4.99. The summed E-state index contributed by atoms with van der Waals surface area (Å²) in [5.41, 5.74) is 2.82. The van der Waals surface area contributed by atoms with Crippen molar-refractivity contribution in [2.45, 2.75) is 33.2 Å². The van der Waals surface area contributed by atoms with Crippen molar-refractivity contribution >= 4 is 22.9 Å². The summed E-state index contributed by atoms with van der Waals surface area (Å²) in [6.45, 7) is 5.50. The van der Waals surface area contributed by atoms with E-state index in [1.54, 1.807) is 12.1 Å². The fraction of sp³-hybridized carbons (Fsp3) is 0.321. The minimum atomic E-state index is -0.119. The maximum atomic E-state index is 13.2. The van der Waals surface area contributed by atoms with Gasteiger partial charge >= 0.3 is 0 Å². The number of nitrogens with one attached hydrogen (secondary N) is 1. The molecular formula is C28H29N3O4. The monoisotopic (exact) mass is 471 g/mol. The van der Waals surface area contributed by atoms with Crippen molar-refractivity contribution in [1.82, 2.24) is 15.2 Å². The van der Waals surface area contributed by atoms with Gasteiger partial charge in [-0.15, -0.1) is 0 Å². The van der Waals surface area contributed by atoms with E-state index in [1.165, 1.54) is 0 Å². The van der Waals surface area contributed by atoms with Crippen LogP contribution in [0, 0.1) is 18.8 Å². The van der Waals surface area contributed by atoms with Gasteiger partial charge in [0, 0.05) is 30.1 Å². The van der Waals surface area contributed by atoms with E-state index in [0.717, 1.165) is 29.9 Å². The summed E-state index contributed by atoms with van der Waals surface area (Å²) < 4.78 is 11.4. The molecule has 1 saturated heterocycles. The molecule has 1 N–H and O–H groups in total. The summed E-state index contributed by atoms with van der Waals surface area (Å²) in [5, 5.41) is 2.97. The summed E-state index contributed by atoms with van der Waals surface area (Å²) in [6, 6.07) is 18.9. The molecule has 0 aliphatic carbocycles. The quantitative estimate of drug-likeness (QED) is 0.418. The molecule has 0 unspecified atom stereocenters.